The van der Waals surface area contributed by atoms with Gasteiger partial charge in [0.1, 0.15) is 10.8 Å². The zero-order chi connectivity index (χ0) is 28.2. The molecule has 0 aliphatic carbocycles. The third kappa shape index (κ3) is 6.22. The van der Waals surface area contributed by atoms with Crippen molar-refractivity contribution in [3.63, 3.8) is 0 Å². The van der Waals surface area contributed by atoms with Gasteiger partial charge < -0.3 is 14.5 Å². The Kier molecular flexibility index (Phi) is 8.83. The van der Waals surface area contributed by atoms with Gasteiger partial charge in [0.05, 0.1) is 22.5 Å². The largest absolute Gasteiger partial charge is 0.437 e. The normalized spacial score (nSPS) is 14.1. The van der Waals surface area contributed by atoms with Gasteiger partial charge in [-0.2, -0.15) is 10.1 Å². The van der Waals surface area contributed by atoms with Crippen LogP contribution in [0.5, 0.6) is 11.6 Å². The number of ether oxygens (including phenoxy) is 1. The summed E-state index contributed by atoms with van der Waals surface area (Å²) in [6.45, 7) is 10.3. The molecule has 10 heteroatoms. The highest BCUT2D eigenvalue weighted by molar-refractivity contribution is 8.00. The summed E-state index contributed by atoms with van der Waals surface area (Å²) in [4.78, 5) is 15.5. The average Bonchev–Trinajstić information content (AvgIpc) is 3.38. The number of rotatable bonds is 9. The van der Waals surface area contributed by atoms with Crippen LogP contribution in [0.15, 0.2) is 59.8 Å². The summed E-state index contributed by atoms with van der Waals surface area (Å²) in [5, 5.41) is 4.85. The van der Waals surface area contributed by atoms with Crippen molar-refractivity contribution in [1.29, 1.82) is 0 Å². The number of likely N-dealkylation sites (N-methyl/N-ethyl adjacent to an activating group) is 1. The van der Waals surface area contributed by atoms with Crippen LogP contribution in [0.1, 0.15) is 37.8 Å². The zero-order valence-electron chi connectivity index (χ0n) is 23.7. The number of nitrogens with one attached hydrogen (secondary N) is 1. The number of aryl methyl sites for hydroxylation is 1. The molecular formula is C30H36ClN7OS. The van der Waals surface area contributed by atoms with E-state index in [1.165, 1.54) is 17.5 Å². The van der Waals surface area contributed by atoms with Crippen molar-refractivity contribution in [2.45, 2.75) is 38.0 Å². The first-order valence-electron chi connectivity index (χ1n) is 13.7. The van der Waals surface area contributed by atoms with Gasteiger partial charge >= 0.3 is 0 Å². The van der Waals surface area contributed by atoms with Crippen molar-refractivity contribution >= 4 is 35.2 Å². The molecule has 1 N–H and O–H groups in total. The van der Waals surface area contributed by atoms with Crippen LogP contribution >= 0.6 is 23.5 Å². The third-order valence-electron chi connectivity index (χ3n) is 7.10. The van der Waals surface area contributed by atoms with Gasteiger partial charge in [-0.15, -0.1) is 0 Å². The summed E-state index contributed by atoms with van der Waals surface area (Å²) in [5.41, 5.74) is 5.08. The highest BCUT2D eigenvalue weighted by Gasteiger charge is 2.23. The fourth-order valence-corrected chi connectivity index (χ4v) is 5.77. The molecule has 1 fully saturated rings. The van der Waals surface area contributed by atoms with E-state index in [1.807, 2.05) is 25.4 Å². The van der Waals surface area contributed by atoms with Crippen molar-refractivity contribution in [2.24, 2.45) is 7.05 Å². The molecule has 1 aliphatic rings. The number of anilines is 2. The number of hydrogen-bond acceptors (Lipinski definition) is 8. The molecule has 1 aliphatic heterocycles. The van der Waals surface area contributed by atoms with Crippen molar-refractivity contribution in [3.8, 4) is 22.9 Å². The van der Waals surface area contributed by atoms with E-state index in [0.29, 0.717) is 34.9 Å². The molecule has 2 aromatic carbocycles. The Labute approximate surface area is 245 Å². The van der Waals surface area contributed by atoms with E-state index in [0.717, 1.165) is 53.6 Å². The predicted molar refractivity (Wildman–Crippen MR) is 165 cm³/mol. The monoisotopic (exact) mass is 577 g/mol. The Morgan fingerprint density at radius 2 is 1.80 bits per heavy atom. The molecule has 5 rings (SSSR count). The molecule has 0 radical (unpaired) electrons. The van der Waals surface area contributed by atoms with Crippen LogP contribution in [0.25, 0.3) is 11.3 Å². The second-order valence-corrected chi connectivity index (χ2v) is 11.6. The minimum atomic E-state index is 0.330. The topological polar surface area (TPSA) is 71.3 Å². The first kappa shape index (κ1) is 28.3. The number of halogens is 1. The molecule has 0 atom stereocenters. The lowest BCUT2D eigenvalue weighted by Gasteiger charge is -2.34. The number of hydrogen-bond donors (Lipinski definition) is 1. The molecule has 0 unspecified atom stereocenters. The first-order valence-corrected chi connectivity index (χ1v) is 14.8. The van der Waals surface area contributed by atoms with E-state index in [9.17, 15) is 0 Å². The van der Waals surface area contributed by atoms with Gasteiger partial charge in [-0.1, -0.05) is 62.7 Å². The van der Waals surface area contributed by atoms with Crippen molar-refractivity contribution in [3.05, 3.63) is 71.0 Å². The van der Waals surface area contributed by atoms with Crippen molar-refractivity contribution in [1.82, 2.24) is 24.6 Å². The summed E-state index contributed by atoms with van der Waals surface area (Å²) >= 11 is 8.39. The van der Waals surface area contributed by atoms with E-state index in [-0.39, 0.29) is 0 Å². The van der Waals surface area contributed by atoms with Gasteiger partial charge in [-0.25, -0.2) is 4.98 Å². The first-order chi connectivity index (χ1) is 19.3. The summed E-state index contributed by atoms with van der Waals surface area (Å²) in [7, 11) is 4.04. The molecule has 0 saturated carbocycles. The Morgan fingerprint density at radius 3 is 2.50 bits per heavy atom. The van der Waals surface area contributed by atoms with Crippen LogP contribution in [0.3, 0.4) is 0 Å². The zero-order valence-corrected chi connectivity index (χ0v) is 25.3. The van der Waals surface area contributed by atoms with E-state index in [1.54, 1.807) is 10.9 Å². The highest BCUT2D eigenvalue weighted by atomic mass is 35.5. The molecule has 0 spiro atoms. The predicted octanol–water partition coefficient (Wildman–Crippen LogP) is 6.88. The van der Waals surface area contributed by atoms with Crippen molar-refractivity contribution < 1.29 is 4.74 Å². The van der Waals surface area contributed by atoms with Crippen LogP contribution in [-0.2, 0) is 13.5 Å². The summed E-state index contributed by atoms with van der Waals surface area (Å²) in [6.07, 6.45) is 4.44. The lowest BCUT2D eigenvalue weighted by atomic mass is 9.93. The third-order valence-corrected chi connectivity index (χ3v) is 8.21. The minimum absolute atomic E-state index is 0.330. The fraction of sp³-hybridized carbons (Fsp3) is 0.367. The summed E-state index contributed by atoms with van der Waals surface area (Å²) in [5.74, 6) is 1.87. The minimum Gasteiger partial charge on any atom is -0.437 e. The second kappa shape index (κ2) is 12.5. The Morgan fingerprint density at radius 1 is 1.02 bits per heavy atom. The van der Waals surface area contributed by atoms with Gasteiger partial charge in [0.25, 0.3) is 0 Å². The Balaban J connectivity index is 1.56. The van der Waals surface area contributed by atoms with Crippen LogP contribution in [0.2, 0.25) is 5.02 Å². The van der Waals surface area contributed by atoms with Crippen LogP contribution in [0.4, 0.5) is 11.6 Å². The van der Waals surface area contributed by atoms with Gasteiger partial charge in [0.15, 0.2) is 0 Å². The van der Waals surface area contributed by atoms with Gasteiger partial charge in [0, 0.05) is 50.6 Å². The summed E-state index contributed by atoms with van der Waals surface area (Å²) < 4.78 is 11.6. The molecule has 4 aromatic rings. The van der Waals surface area contributed by atoms with Crippen molar-refractivity contribution in [2.75, 3.05) is 42.8 Å². The van der Waals surface area contributed by atoms with E-state index in [4.69, 9.17) is 26.3 Å². The maximum atomic E-state index is 6.98. The number of aromatic nitrogens is 4. The molecule has 3 heterocycles. The highest BCUT2D eigenvalue weighted by Crippen LogP contribution is 2.41. The number of piperazine rings is 1. The standard InChI is InChI=1S/C30H36ClN7OS/c1-6-22-28(24-11-8-7-10-23(24)20(2)3)33-30(35-40-21-18-32-37(5)19-21)34-29(22)39-26-13-9-12-25(27(26)31)38-16-14-36(4)15-17-38/h7-13,18-20H,6,14-17H2,1-5H3,(H,33,34,35). The number of nitrogens with zero attached hydrogens (tertiary/aromatic N) is 6. The maximum Gasteiger partial charge on any atom is 0.237 e. The number of benzene rings is 2. The lowest BCUT2D eigenvalue weighted by Crippen LogP contribution is -2.44. The smallest absolute Gasteiger partial charge is 0.237 e. The molecular weight excluding hydrogens is 542 g/mol. The average molecular weight is 578 g/mol. The van der Waals surface area contributed by atoms with Gasteiger partial charge in [-0.05, 0) is 49.0 Å². The molecule has 0 amide bonds. The lowest BCUT2D eigenvalue weighted by molar-refractivity contribution is 0.313. The second-order valence-electron chi connectivity index (χ2n) is 10.3. The van der Waals surface area contributed by atoms with E-state index >= 15 is 0 Å². The Hall–Kier alpha value is -3.27. The molecule has 2 aromatic heterocycles. The fourth-order valence-electron chi connectivity index (χ4n) is 4.88. The summed E-state index contributed by atoms with van der Waals surface area (Å²) in [6, 6.07) is 14.4. The molecule has 0 bridgehead atoms. The van der Waals surface area contributed by atoms with Gasteiger partial charge in [0.2, 0.25) is 11.8 Å². The molecule has 210 valence electrons. The Bertz CT molecular complexity index is 1470. The van der Waals surface area contributed by atoms with Crippen LogP contribution in [0, 0.1) is 0 Å². The SMILES string of the molecule is CCc1c(Oc2cccc(N3CCN(C)CC3)c2Cl)nc(NSc2cnn(C)c2)nc1-c1ccccc1C(C)C. The van der Waals surface area contributed by atoms with E-state index in [2.05, 4.69) is 77.8 Å². The molecule has 8 nitrogen and oxygen atoms in total. The quantitative estimate of drug-likeness (QED) is 0.216. The van der Waals surface area contributed by atoms with E-state index < -0.39 is 0 Å². The molecule has 40 heavy (non-hydrogen) atoms. The molecule has 1 saturated heterocycles. The van der Waals surface area contributed by atoms with Gasteiger partial charge in [-0.3, -0.25) is 9.40 Å². The van der Waals surface area contributed by atoms with Crippen LogP contribution < -0.4 is 14.4 Å². The maximum absolute atomic E-state index is 6.98. The van der Waals surface area contributed by atoms with Crippen LogP contribution in [-0.4, -0.2) is 57.9 Å².